The molecule has 0 saturated heterocycles. The van der Waals surface area contributed by atoms with Crippen LogP contribution in [0.1, 0.15) is 65.9 Å². The maximum absolute atomic E-state index is 11.3. The fourth-order valence-electron chi connectivity index (χ4n) is 3.44. The van der Waals surface area contributed by atoms with Crippen molar-refractivity contribution in [1.29, 1.82) is 0 Å². The molecule has 1 atom stereocenters. The number of anilines is 2. The molecule has 1 heterocycles. The molecule has 0 radical (unpaired) electrons. The van der Waals surface area contributed by atoms with Crippen molar-refractivity contribution in [1.82, 2.24) is 0 Å². The maximum atomic E-state index is 11.3. The number of nitrogens with one attached hydrogen (secondary N) is 1. The van der Waals surface area contributed by atoms with Crippen molar-refractivity contribution in [2.45, 2.75) is 71.8 Å². The molecule has 1 amide bonds. The summed E-state index contributed by atoms with van der Waals surface area (Å²) < 4.78 is 0. The molecule has 1 N–H and O–H groups in total. The molecule has 0 bridgehead atoms. The second-order valence-corrected chi connectivity index (χ2v) is 7.06. The van der Waals surface area contributed by atoms with Crippen LogP contribution in [0.2, 0.25) is 0 Å². The van der Waals surface area contributed by atoms with Crippen LogP contribution in [0.15, 0.2) is 18.2 Å². The van der Waals surface area contributed by atoms with E-state index in [1.807, 2.05) is 6.07 Å². The van der Waals surface area contributed by atoms with Gasteiger partial charge in [0.2, 0.25) is 5.91 Å². The predicted molar refractivity (Wildman–Crippen MR) is 94.7 cm³/mol. The van der Waals surface area contributed by atoms with Crippen LogP contribution in [0.5, 0.6) is 0 Å². The number of nitrogens with zero attached hydrogens (tertiary/aromatic N) is 1. The van der Waals surface area contributed by atoms with E-state index in [1.54, 1.807) is 6.92 Å². The van der Waals surface area contributed by atoms with Gasteiger partial charge in [-0.15, -0.1) is 0 Å². The Balaban J connectivity index is 2.23. The van der Waals surface area contributed by atoms with Crippen molar-refractivity contribution in [2.24, 2.45) is 0 Å². The first kappa shape index (κ1) is 16.9. The number of hydrogen-bond acceptors (Lipinski definition) is 2. The van der Waals surface area contributed by atoms with E-state index in [1.165, 1.54) is 36.9 Å². The maximum Gasteiger partial charge on any atom is 0.221 e. The lowest BCUT2D eigenvalue weighted by Gasteiger charge is -2.31. The first-order chi connectivity index (χ1) is 10.4. The lowest BCUT2D eigenvalue weighted by molar-refractivity contribution is -0.114. The zero-order valence-corrected chi connectivity index (χ0v) is 14.7. The van der Waals surface area contributed by atoms with Crippen molar-refractivity contribution in [3.05, 3.63) is 23.8 Å². The zero-order valence-electron chi connectivity index (χ0n) is 14.7. The lowest BCUT2D eigenvalue weighted by Crippen LogP contribution is -2.39. The van der Waals surface area contributed by atoms with E-state index in [4.69, 9.17) is 0 Å². The molecule has 122 valence electrons. The number of carbonyl (C=O) groups excluding carboxylic acids is 1. The first-order valence-electron chi connectivity index (χ1n) is 8.56. The van der Waals surface area contributed by atoms with E-state index >= 15 is 0 Å². The Bertz CT molecular complexity index is 536. The third-order valence-electron chi connectivity index (χ3n) is 5.09. The van der Waals surface area contributed by atoms with Crippen LogP contribution >= 0.6 is 0 Å². The predicted octanol–water partition coefficient (Wildman–Crippen LogP) is 4.71. The van der Waals surface area contributed by atoms with Gasteiger partial charge < -0.3 is 10.2 Å². The molecule has 22 heavy (non-hydrogen) atoms. The van der Waals surface area contributed by atoms with E-state index in [-0.39, 0.29) is 11.3 Å². The number of hydrogen-bond donors (Lipinski definition) is 1. The molecule has 3 nitrogen and oxygen atoms in total. The van der Waals surface area contributed by atoms with Crippen LogP contribution in [0.25, 0.3) is 0 Å². The van der Waals surface area contributed by atoms with Crippen LogP contribution in [0, 0.1) is 0 Å². The lowest BCUT2D eigenvalue weighted by atomic mass is 9.81. The minimum Gasteiger partial charge on any atom is -0.368 e. The molecule has 3 heteroatoms. The van der Waals surface area contributed by atoms with Gasteiger partial charge in [-0.1, -0.05) is 46.1 Å². The molecule has 1 unspecified atom stereocenters. The van der Waals surface area contributed by atoms with E-state index in [2.05, 4.69) is 50.0 Å². The third-order valence-corrected chi connectivity index (χ3v) is 5.09. The molecule has 1 aliphatic heterocycles. The molecule has 0 fully saturated rings. The van der Waals surface area contributed by atoms with Crippen molar-refractivity contribution in [3.8, 4) is 0 Å². The SMILES string of the molecule is CCCCCCN1c2cc(NC(C)=O)ccc2C(C)(C)C1C. The quantitative estimate of drug-likeness (QED) is 0.772. The molecular formula is C19H30N2O. The highest BCUT2D eigenvalue weighted by Crippen LogP contribution is 2.46. The number of benzene rings is 1. The van der Waals surface area contributed by atoms with Gasteiger partial charge in [0, 0.05) is 36.3 Å². The first-order valence-corrected chi connectivity index (χ1v) is 8.56. The minimum atomic E-state index is -0.0141. The number of fused-ring (bicyclic) bond motifs is 1. The van der Waals surface area contributed by atoms with E-state index < -0.39 is 0 Å². The average Bonchev–Trinajstić information content (AvgIpc) is 2.63. The molecule has 2 rings (SSSR count). The fourth-order valence-corrected chi connectivity index (χ4v) is 3.44. The van der Waals surface area contributed by atoms with Crippen molar-refractivity contribution in [3.63, 3.8) is 0 Å². The summed E-state index contributed by atoms with van der Waals surface area (Å²) >= 11 is 0. The summed E-state index contributed by atoms with van der Waals surface area (Å²) in [7, 11) is 0. The molecule has 1 aromatic carbocycles. The summed E-state index contributed by atoms with van der Waals surface area (Å²) in [5.74, 6) is -0.0141. The van der Waals surface area contributed by atoms with E-state index in [0.29, 0.717) is 6.04 Å². The summed E-state index contributed by atoms with van der Waals surface area (Å²) in [6.45, 7) is 11.9. The largest absolute Gasteiger partial charge is 0.368 e. The van der Waals surface area contributed by atoms with Gasteiger partial charge in [-0.2, -0.15) is 0 Å². The van der Waals surface area contributed by atoms with Gasteiger partial charge in [0.05, 0.1) is 0 Å². The Kier molecular flexibility index (Phi) is 5.15. The third kappa shape index (κ3) is 3.29. The molecule has 0 saturated carbocycles. The Labute approximate surface area is 135 Å². The number of carbonyl (C=O) groups is 1. The normalized spacial score (nSPS) is 19.1. The topological polar surface area (TPSA) is 32.3 Å². The van der Waals surface area contributed by atoms with Crippen molar-refractivity contribution >= 4 is 17.3 Å². The summed E-state index contributed by atoms with van der Waals surface area (Å²) in [6, 6.07) is 6.83. The van der Waals surface area contributed by atoms with Crippen molar-refractivity contribution < 1.29 is 4.79 Å². The second kappa shape index (κ2) is 6.72. The molecule has 1 aliphatic rings. The second-order valence-electron chi connectivity index (χ2n) is 7.06. The molecular weight excluding hydrogens is 272 g/mol. The van der Waals surface area contributed by atoms with Crippen molar-refractivity contribution in [2.75, 3.05) is 16.8 Å². The van der Waals surface area contributed by atoms with E-state index in [0.717, 1.165) is 12.2 Å². The molecule has 0 spiro atoms. The minimum absolute atomic E-state index is 0.0141. The van der Waals surface area contributed by atoms with Crippen LogP contribution in [-0.4, -0.2) is 18.5 Å². The summed E-state index contributed by atoms with van der Waals surface area (Å²) in [4.78, 5) is 13.8. The molecule has 0 aromatic heterocycles. The smallest absolute Gasteiger partial charge is 0.221 e. The highest BCUT2D eigenvalue weighted by molar-refractivity contribution is 5.89. The number of unbranched alkanes of at least 4 members (excludes halogenated alkanes) is 3. The van der Waals surface area contributed by atoms with Gasteiger partial charge in [-0.05, 0) is 31.0 Å². The highest BCUT2D eigenvalue weighted by atomic mass is 16.1. The fraction of sp³-hybridized carbons (Fsp3) is 0.632. The van der Waals surface area contributed by atoms with Gasteiger partial charge in [0.1, 0.15) is 0 Å². The van der Waals surface area contributed by atoms with Gasteiger partial charge in [-0.3, -0.25) is 4.79 Å². The standard InChI is InChI=1S/C19H30N2O/c1-6-7-8-9-12-21-14(2)19(4,5)17-11-10-16(13-18(17)21)20-15(3)22/h10-11,13-14H,6-9,12H2,1-5H3,(H,20,22). The van der Waals surface area contributed by atoms with Crippen LogP contribution < -0.4 is 10.2 Å². The summed E-state index contributed by atoms with van der Waals surface area (Å²) in [6.07, 6.45) is 5.10. The van der Waals surface area contributed by atoms with Crippen LogP contribution in [-0.2, 0) is 10.2 Å². The molecule has 1 aromatic rings. The Hall–Kier alpha value is -1.51. The summed E-state index contributed by atoms with van der Waals surface area (Å²) in [5.41, 5.74) is 3.73. The number of amides is 1. The Morgan fingerprint density at radius 1 is 1.27 bits per heavy atom. The van der Waals surface area contributed by atoms with Gasteiger partial charge in [0.15, 0.2) is 0 Å². The van der Waals surface area contributed by atoms with E-state index in [9.17, 15) is 4.79 Å². The van der Waals surface area contributed by atoms with Crippen LogP contribution in [0.4, 0.5) is 11.4 Å². The van der Waals surface area contributed by atoms with Gasteiger partial charge in [-0.25, -0.2) is 0 Å². The highest BCUT2D eigenvalue weighted by Gasteiger charge is 2.41. The Morgan fingerprint density at radius 3 is 2.64 bits per heavy atom. The van der Waals surface area contributed by atoms with Crippen LogP contribution in [0.3, 0.4) is 0 Å². The summed E-state index contributed by atoms with van der Waals surface area (Å²) in [5, 5.41) is 2.91. The number of rotatable bonds is 6. The zero-order chi connectivity index (χ0) is 16.3. The van der Waals surface area contributed by atoms with Gasteiger partial charge >= 0.3 is 0 Å². The monoisotopic (exact) mass is 302 g/mol. The molecule has 0 aliphatic carbocycles. The van der Waals surface area contributed by atoms with Gasteiger partial charge in [0.25, 0.3) is 0 Å². The Morgan fingerprint density at radius 2 is 2.00 bits per heavy atom. The average molecular weight is 302 g/mol.